The molecule has 0 bridgehead atoms. The predicted molar refractivity (Wildman–Crippen MR) is 117 cm³/mol. The molecule has 0 aliphatic heterocycles. The van der Waals surface area contributed by atoms with Gasteiger partial charge in [0.15, 0.2) is 6.61 Å². The summed E-state index contributed by atoms with van der Waals surface area (Å²) < 4.78 is 31.9. The van der Waals surface area contributed by atoms with Crippen LogP contribution in [0.4, 0.5) is 8.78 Å². The summed E-state index contributed by atoms with van der Waals surface area (Å²) >= 11 is 1.45. The van der Waals surface area contributed by atoms with Crippen molar-refractivity contribution in [2.45, 2.75) is 13.0 Å². The number of halogens is 2. The molecule has 162 valence electrons. The highest BCUT2D eigenvalue weighted by Crippen LogP contribution is 2.26. The Morgan fingerprint density at radius 1 is 1.06 bits per heavy atom. The summed E-state index contributed by atoms with van der Waals surface area (Å²) in [5.41, 5.74) is 1.70. The predicted octanol–water partition coefficient (Wildman–Crippen LogP) is 4.95. The number of benzene rings is 2. The highest BCUT2D eigenvalue weighted by Gasteiger charge is 2.20. The Balaban J connectivity index is 1.46. The van der Waals surface area contributed by atoms with Crippen LogP contribution in [0.25, 0.3) is 10.9 Å². The van der Waals surface area contributed by atoms with E-state index in [4.69, 9.17) is 4.74 Å². The maximum atomic E-state index is 13.4. The first-order chi connectivity index (χ1) is 15.4. The molecule has 4 aromatic rings. The van der Waals surface area contributed by atoms with E-state index in [0.29, 0.717) is 22.2 Å². The minimum Gasteiger partial charge on any atom is -0.452 e. The van der Waals surface area contributed by atoms with Gasteiger partial charge < -0.3 is 10.1 Å². The lowest BCUT2D eigenvalue weighted by Crippen LogP contribution is -2.32. The van der Waals surface area contributed by atoms with Crippen LogP contribution < -0.4 is 5.32 Å². The van der Waals surface area contributed by atoms with Gasteiger partial charge in [-0.3, -0.25) is 9.78 Å². The van der Waals surface area contributed by atoms with Gasteiger partial charge in [-0.1, -0.05) is 18.2 Å². The topological polar surface area (TPSA) is 68.3 Å². The molecule has 8 heteroatoms. The average Bonchev–Trinajstić information content (AvgIpc) is 3.30. The molecule has 0 saturated heterocycles. The first kappa shape index (κ1) is 21.6. The van der Waals surface area contributed by atoms with Crippen LogP contribution >= 0.6 is 11.3 Å². The fourth-order valence-corrected chi connectivity index (χ4v) is 4.09. The monoisotopic (exact) mass is 452 g/mol. The van der Waals surface area contributed by atoms with Crippen molar-refractivity contribution in [3.8, 4) is 0 Å². The van der Waals surface area contributed by atoms with E-state index in [-0.39, 0.29) is 11.4 Å². The number of rotatable bonds is 6. The Hall–Kier alpha value is -3.65. The van der Waals surface area contributed by atoms with E-state index >= 15 is 0 Å². The molecule has 0 saturated carbocycles. The minimum absolute atomic E-state index is 0.199. The maximum absolute atomic E-state index is 13.4. The average molecular weight is 452 g/mol. The zero-order valence-electron chi connectivity index (χ0n) is 17.0. The number of amides is 1. The minimum atomic E-state index is -0.703. The van der Waals surface area contributed by atoms with Crippen LogP contribution in [-0.4, -0.2) is 23.5 Å². The molecule has 0 radical (unpaired) electrons. The molecule has 1 N–H and O–H groups in total. The molecule has 0 aliphatic rings. The number of carbonyl (C=O) groups excluding carboxylic acids is 2. The van der Waals surface area contributed by atoms with Gasteiger partial charge >= 0.3 is 5.97 Å². The van der Waals surface area contributed by atoms with E-state index in [0.717, 1.165) is 4.88 Å². The largest absolute Gasteiger partial charge is 0.452 e. The van der Waals surface area contributed by atoms with Crippen molar-refractivity contribution in [3.63, 3.8) is 0 Å². The van der Waals surface area contributed by atoms with Gasteiger partial charge in [-0.2, -0.15) is 0 Å². The third-order valence-corrected chi connectivity index (χ3v) is 5.80. The van der Waals surface area contributed by atoms with Gasteiger partial charge in [-0.05, 0) is 54.3 Å². The number of nitrogens with zero attached hydrogens (tertiary/aromatic N) is 1. The van der Waals surface area contributed by atoms with Gasteiger partial charge in [-0.25, -0.2) is 13.6 Å². The van der Waals surface area contributed by atoms with E-state index < -0.39 is 30.3 Å². The van der Waals surface area contributed by atoms with Crippen LogP contribution in [-0.2, 0) is 9.53 Å². The van der Waals surface area contributed by atoms with Gasteiger partial charge in [0.25, 0.3) is 5.91 Å². The number of aromatic nitrogens is 1. The van der Waals surface area contributed by atoms with Crippen LogP contribution in [0.15, 0.2) is 66.0 Å². The van der Waals surface area contributed by atoms with Gasteiger partial charge in [-0.15, -0.1) is 11.3 Å². The maximum Gasteiger partial charge on any atom is 0.340 e. The summed E-state index contributed by atoms with van der Waals surface area (Å²) in [5.74, 6) is -2.00. The molecule has 2 heterocycles. The van der Waals surface area contributed by atoms with Gasteiger partial charge in [0.2, 0.25) is 0 Å². The molecule has 0 aliphatic carbocycles. The number of carbonyl (C=O) groups is 2. The number of hydrogen-bond donors (Lipinski definition) is 1. The molecule has 0 fully saturated rings. The Labute approximate surface area is 186 Å². The van der Waals surface area contributed by atoms with Crippen LogP contribution in [0.3, 0.4) is 0 Å². The summed E-state index contributed by atoms with van der Waals surface area (Å²) in [4.78, 5) is 30.2. The third-order valence-electron chi connectivity index (χ3n) is 4.86. The molecule has 5 nitrogen and oxygen atoms in total. The molecule has 0 unspecified atom stereocenters. The first-order valence-electron chi connectivity index (χ1n) is 9.73. The van der Waals surface area contributed by atoms with Crippen molar-refractivity contribution in [2.75, 3.05) is 6.61 Å². The molecule has 0 spiro atoms. The normalized spacial score (nSPS) is 11.8. The molecule has 2 aromatic heterocycles. The third kappa shape index (κ3) is 4.81. The number of thiophene rings is 1. The molecule has 4 rings (SSSR count). The summed E-state index contributed by atoms with van der Waals surface area (Å²) in [6.07, 6.45) is 0. The number of ether oxygens (including phenoxy) is 1. The van der Waals surface area contributed by atoms with E-state index in [2.05, 4.69) is 10.3 Å². The van der Waals surface area contributed by atoms with E-state index in [1.807, 2.05) is 17.5 Å². The standard InChI is InChI=1S/C24H18F2N2O3S/c1-14-19(11-16-6-9-18(26)12-20(16)27-14)24(30)31-13-22(29)28-23(21-3-2-10-32-21)15-4-7-17(25)8-5-15/h2-12,23H,13H2,1H3,(H,28,29)/t23-/m1/s1. The zero-order valence-corrected chi connectivity index (χ0v) is 17.8. The summed E-state index contributed by atoms with van der Waals surface area (Å²) in [7, 11) is 0. The van der Waals surface area contributed by atoms with Crippen molar-refractivity contribution in [2.24, 2.45) is 0 Å². The van der Waals surface area contributed by atoms with Crippen LogP contribution in [0.5, 0.6) is 0 Å². The van der Waals surface area contributed by atoms with Crippen molar-refractivity contribution in [1.29, 1.82) is 0 Å². The second kappa shape index (κ2) is 9.23. The number of aryl methyl sites for hydroxylation is 1. The van der Waals surface area contributed by atoms with Crippen LogP contribution in [0.2, 0.25) is 0 Å². The zero-order chi connectivity index (χ0) is 22.7. The highest BCUT2D eigenvalue weighted by molar-refractivity contribution is 7.10. The Kier molecular flexibility index (Phi) is 6.23. The number of esters is 1. The van der Waals surface area contributed by atoms with Gasteiger partial charge in [0, 0.05) is 16.3 Å². The SMILES string of the molecule is Cc1nc2cc(F)ccc2cc1C(=O)OCC(=O)N[C@H](c1ccc(F)cc1)c1cccs1. The lowest BCUT2D eigenvalue weighted by Gasteiger charge is -2.18. The quantitative estimate of drug-likeness (QED) is 0.421. The lowest BCUT2D eigenvalue weighted by molar-refractivity contribution is -0.124. The number of hydrogen-bond acceptors (Lipinski definition) is 5. The molecule has 1 amide bonds. The first-order valence-corrected chi connectivity index (χ1v) is 10.6. The Morgan fingerprint density at radius 2 is 1.81 bits per heavy atom. The fourth-order valence-electron chi connectivity index (χ4n) is 3.28. The van der Waals surface area contributed by atoms with Crippen molar-refractivity contribution >= 4 is 34.1 Å². The second-order valence-electron chi connectivity index (χ2n) is 7.10. The molecule has 2 aromatic carbocycles. The molecular weight excluding hydrogens is 434 g/mol. The molecular formula is C24H18F2N2O3S. The van der Waals surface area contributed by atoms with Crippen molar-refractivity contribution in [1.82, 2.24) is 10.3 Å². The van der Waals surface area contributed by atoms with E-state index in [9.17, 15) is 18.4 Å². The molecule has 32 heavy (non-hydrogen) atoms. The van der Waals surface area contributed by atoms with Crippen molar-refractivity contribution < 1.29 is 23.1 Å². The lowest BCUT2D eigenvalue weighted by atomic mass is 10.1. The Morgan fingerprint density at radius 3 is 2.53 bits per heavy atom. The van der Waals surface area contributed by atoms with E-state index in [1.165, 1.54) is 41.7 Å². The van der Waals surface area contributed by atoms with Crippen LogP contribution in [0.1, 0.15) is 32.5 Å². The van der Waals surface area contributed by atoms with Gasteiger partial charge in [0.05, 0.1) is 22.8 Å². The van der Waals surface area contributed by atoms with E-state index in [1.54, 1.807) is 25.1 Å². The number of nitrogens with one attached hydrogen (secondary N) is 1. The highest BCUT2D eigenvalue weighted by atomic mass is 32.1. The van der Waals surface area contributed by atoms with Crippen molar-refractivity contribution in [3.05, 3.63) is 99.4 Å². The summed E-state index contributed by atoms with van der Waals surface area (Å²) in [6.45, 7) is 1.12. The molecule has 1 atom stereocenters. The second-order valence-corrected chi connectivity index (χ2v) is 8.08. The number of pyridine rings is 1. The fraction of sp³-hybridized carbons (Fsp3) is 0.125. The summed E-state index contributed by atoms with van der Waals surface area (Å²) in [5, 5.41) is 5.29. The summed E-state index contributed by atoms with van der Waals surface area (Å²) in [6, 6.07) is 14.7. The van der Waals surface area contributed by atoms with Crippen LogP contribution in [0, 0.1) is 18.6 Å². The Bertz CT molecular complexity index is 1270. The number of fused-ring (bicyclic) bond motifs is 1. The smallest absolute Gasteiger partial charge is 0.340 e. The van der Waals surface area contributed by atoms with Gasteiger partial charge in [0.1, 0.15) is 11.6 Å².